The van der Waals surface area contributed by atoms with Crippen LogP contribution in [0.15, 0.2) is 28.6 Å². The fraction of sp³-hybridized carbons (Fsp3) is 0.385. The Morgan fingerprint density at radius 1 is 1.38 bits per heavy atom. The fourth-order valence-electron chi connectivity index (χ4n) is 1.87. The predicted octanol–water partition coefficient (Wildman–Crippen LogP) is 2.07. The third kappa shape index (κ3) is 3.78. The summed E-state index contributed by atoms with van der Waals surface area (Å²) in [6, 6.07) is 5.90. The van der Waals surface area contributed by atoms with Gasteiger partial charge in [0.1, 0.15) is 6.04 Å². The van der Waals surface area contributed by atoms with Crippen LogP contribution in [0, 0.1) is 5.92 Å². The summed E-state index contributed by atoms with van der Waals surface area (Å²) in [7, 11) is -3.94. The van der Waals surface area contributed by atoms with E-state index in [9.17, 15) is 13.2 Å². The highest BCUT2D eigenvalue weighted by Gasteiger charge is 2.28. The largest absolute Gasteiger partial charge is 0.480 e. The van der Waals surface area contributed by atoms with Gasteiger partial charge in [0, 0.05) is 0 Å². The Labute approximate surface area is 126 Å². The third-order valence-electron chi connectivity index (χ3n) is 2.81. The van der Waals surface area contributed by atoms with Gasteiger partial charge in [0.25, 0.3) is 10.0 Å². The van der Waals surface area contributed by atoms with Gasteiger partial charge >= 0.3 is 5.97 Å². The van der Waals surface area contributed by atoms with Gasteiger partial charge in [-0.1, -0.05) is 26.0 Å². The van der Waals surface area contributed by atoms with Gasteiger partial charge in [-0.05, 0) is 24.5 Å². The second-order valence-electron chi connectivity index (χ2n) is 5.09. The molecule has 1 heterocycles. The monoisotopic (exact) mass is 328 g/mol. The van der Waals surface area contributed by atoms with Gasteiger partial charge in [0.15, 0.2) is 0 Å². The number of nitrogens with one attached hydrogen (secondary N) is 1. The average molecular weight is 328 g/mol. The number of rotatable bonds is 6. The highest BCUT2D eigenvalue weighted by molar-refractivity contribution is 7.91. The van der Waals surface area contributed by atoms with E-state index in [1.807, 2.05) is 13.8 Å². The van der Waals surface area contributed by atoms with Crippen molar-refractivity contribution in [2.24, 2.45) is 5.92 Å². The summed E-state index contributed by atoms with van der Waals surface area (Å²) >= 11 is 1.02. The molecule has 0 spiro atoms. The van der Waals surface area contributed by atoms with E-state index in [-0.39, 0.29) is 16.7 Å². The minimum atomic E-state index is -3.94. The third-order valence-corrected chi connectivity index (χ3v) is 5.69. The van der Waals surface area contributed by atoms with Crippen molar-refractivity contribution in [3.63, 3.8) is 0 Å². The molecule has 0 radical (unpaired) electrons. The molecule has 8 heteroatoms. The van der Waals surface area contributed by atoms with Crippen molar-refractivity contribution in [1.29, 1.82) is 0 Å². The number of nitrogens with zero attached hydrogens (tertiary/aromatic N) is 1. The number of hydrogen-bond donors (Lipinski definition) is 2. The first-order valence-corrected chi connectivity index (χ1v) is 8.70. The van der Waals surface area contributed by atoms with Gasteiger partial charge in [-0.2, -0.15) is 4.72 Å². The summed E-state index contributed by atoms with van der Waals surface area (Å²) in [5.74, 6) is -1.13. The van der Waals surface area contributed by atoms with Gasteiger partial charge in [0.2, 0.25) is 4.34 Å². The van der Waals surface area contributed by atoms with Crippen molar-refractivity contribution in [2.75, 3.05) is 0 Å². The lowest BCUT2D eigenvalue weighted by Crippen LogP contribution is -2.41. The van der Waals surface area contributed by atoms with Crippen molar-refractivity contribution in [3.05, 3.63) is 24.3 Å². The molecule has 0 fully saturated rings. The van der Waals surface area contributed by atoms with E-state index in [4.69, 9.17) is 5.11 Å². The Kier molecular flexibility index (Phi) is 4.60. The predicted molar refractivity (Wildman–Crippen MR) is 80.8 cm³/mol. The first-order chi connectivity index (χ1) is 9.79. The Hall–Kier alpha value is -1.51. The molecule has 1 atom stereocenters. The Morgan fingerprint density at radius 3 is 2.62 bits per heavy atom. The summed E-state index contributed by atoms with van der Waals surface area (Å²) in [6.07, 6.45) is 0.222. The van der Waals surface area contributed by atoms with Gasteiger partial charge in [-0.25, -0.2) is 13.4 Å². The lowest BCUT2D eigenvalue weighted by Gasteiger charge is -2.15. The second-order valence-corrected chi connectivity index (χ2v) is 8.01. The molecule has 0 aliphatic carbocycles. The number of para-hydroxylation sites is 1. The summed E-state index contributed by atoms with van der Waals surface area (Å²) in [6.45, 7) is 3.67. The van der Waals surface area contributed by atoms with Crippen LogP contribution in [0.4, 0.5) is 0 Å². The minimum absolute atomic E-state index is 0.0594. The number of aromatic nitrogens is 1. The molecule has 1 aromatic heterocycles. The molecule has 1 aromatic carbocycles. The minimum Gasteiger partial charge on any atom is -0.480 e. The molecule has 0 bridgehead atoms. The van der Waals surface area contributed by atoms with E-state index in [2.05, 4.69) is 9.71 Å². The number of hydrogen-bond acceptors (Lipinski definition) is 5. The Morgan fingerprint density at radius 2 is 2.05 bits per heavy atom. The molecule has 0 aliphatic heterocycles. The van der Waals surface area contributed by atoms with E-state index in [0.29, 0.717) is 5.52 Å². The van der Waals surface area contributed by atoms with Crippen LogP contribution in [0.1, 0.15) is 20.3 Å². The van der Waals surface area contributed by atoms with Crippen molar-refractivity contribution >= 4 is 37.5 Å². The zero-order valence-corrected chi connectivity index (χ0v) is 13.2. The molecule has 0 unspecified atom stereocenters. The van der Waals surface area contributed by atoms with Gasteiger partial charge < -0.3 is 5.11 Å². The summed E-state index contributed by atoms with van der Waals surface area (Å²) in [5.41, 5.74) is 0.582. The van der Waals surface area contributed by atoms with Crippen LogP contribution in [-0.4, -0.2) is 30.5 Å². The maximum absolute atomic E-state index is 12.3. The molecule has 2 aromatic rings. The smallest absolute Gasteiger partial charge is 0.321 e. The first kappa shape index (κ1) is 15.9. The molecule has 0 aliphatic rings. The second kappa shape index (κ2) is 6.08. The fourth-order valence-corrected chi connectivity index (χ4v) is 4.31. The SMILES string of the molecule is CC(C)C[C@@H](NS(=O)(=O)c1nc2ccccc2s1)C(=O)O. The molecule has 0 amide bonds. The highest BCUT2D eigenvalue weighted by atomic mass is 32.2. The van der Waals surface area contributed by atoms with E-state index in [0.717, 1.165) is 16.0 Å². The number of thiazole rings is 1. The lowest BCUT2D eigenvalue weighted by atomic mass is 10.1. The van der Waals surface area contributed by atoms with Crippen molar-refractivity contribution in [1.82, 2.24) is 9.71 Å². The highest BCUT2D eigenvalue weighted by Crippen LogP contribution is 2.25. The quantitative estimate of drug-likeness (QED) is 0.846. The Bertz CT molecular complexity index is 719. The van der Waals surface area contributed by atoms with Crippen molar-refractivity contribution in [3.8, 4) is 0 Å². The Balaban J connectivity index is 2.30. The number of carboxylic acids is 1. The first-order valence-electron chi connectivity index (χ1n) is 6.40. The van der Waals surface area contributed by atoms with E-state index in [1.165, 1.54) is 0 Å². The van der Waals surface area contributed by atoms with E-state index >= 15 is 0 Å². The van der Waals surface area contributed by atoms with Crippen LogP contribution in [0.25, 0.3) is 10.2 Å². The molecular formula is C13H16N2O4S2. The summed E-state index contributed by atoms with van der Waals surface area (Å²) < 4.78 is 27.4. The van der Waals surface area contributed by atoms with Crippen molar-refractivity contribution in [2.45, 2.75) is 30.6 Å². The van der Waals surface area contributed by atoms with E-state index < -0.39 is 22.0 Å². The van der Waals surface area contributed by atoms with Crippen LogP contribution >= 0.6 is 11.3 Å². The molecule has 2 rings (SSSR count). The van der Waals surface area contributed by atoms with Gasteiger partial charge in [-0.15, -0.1) is 11.3 Å². The van der Waals surface area contributed by atoms with Crippen LogP contribution in [0.5, 0.6) is 0 Å². The number of carbonyl (C=O) groups is 1. The number of fused-ring (bicyclic) bond motifs is 1. The number of aliphatic carboxylic acids is 1. The molecule has 114 valence electrons. The van der Waals surface area contributed by atoms with Gasteiger partial charge in [-0.3, -0.25) is 4.79 Å². The van der Waals surface area contributed by atoms with Crippen LogP contribution in [-0.2, 0) is 14.8 Å². The standard InChI is InChI=1S/C13H16N2O4S2/c1-8(2)7-10(12(16)17)15-21(18,19)13-14-9-5-3-4-6-11(9)20-13/h3-6,8,10,15H,7H2,1-2H3,(H,16,17)/t10-/m1/s1. The summed E-state index contributed by atoms with van der Waals surface area (Å²) in [4.78, 5) is 15.2. The maximum atomic E-state index is 12.3. The lowest BCUT2D eigenvalue weighted by molar-refractivity contribution is -0.139. The van der Waals surface area contributed by atoms with Crippen LogP contribution < -0.4 is 4.72 Å². The van der Waals surface area contributed by atoms with Crippen LogP contribution in [0.2, 0.25) is 0 Å². The van der Waals surface area contributed by atoms with Gasteiger partial charge in [0.05, 0.1) is 10.2 Å². The van der Waals surface area contributed by atoms with E-state index in [1.54, 1.807) is 24.3 Å². The summed E-state index contributed by atoms with van der Waals surface area (Å²) in [5, 5.41) is 9.13. The molecule has 2 N–H and O–H groups in total. The zero-order valence-electron chi connectivity index (χ0n) is 11.6. The van der Waals surface area contributed by atoms with Crippen molar-refractivity contribution < 1.29 is 18.3 Å². The molecular weight excluding hydrogens is 312 g/mol. The molecule has 21 heavy (non-hydrogen) atoms. The number of benzene rings is 1. The zero-order chi connectivity index (χ0) is 15.6. The maximum Gasteiger partial charge on any atom is 0.321 e. The average Bonchev–Trinajstić information content (AvgIpc) is 2.81. The normalized spacial score (nSPS) is 13.7. The molecule has 6 nitrogen and oxygen atoms in total. The van der Waals surface area contributed by atoms with Crippen LogP contribution in [0.3, 0.4) is 0 Å². The number of carboxylic acid groups (broad SMARTS) is 1. The molecule has 0 saturated carbocycles. The number of sulfonamides is 1. The molecule has 0 saturated heterocycles. The topological polar surface area (TPSA) is 96.4 Å².